The van der Waals surface area contributed by atoms with Crippen LogP contribution in [0, 0.1) is 37.9 Å². The van der Waals surface area contributed by atoms with Gasteiger partial charge in [-0.3, -0.25) is 0 Å². The molecular weight excluding hydrogens is 801 g/mol. The van der Waals surface area contributed by atoms with E-state index in [1.165, 1.54) is 86.8 Å². The zero-order valence-electron chi connectivity index (χ0n) is 31.4. The molecule has 0 spiro atoms. The van der Waals surface area contributed by atoms with E-state index in [9.17, 15) is 0 Å². The Kier molecular flexibility index (Phi) is 13.3. The van der Waals surface area contributed by atoms with Crippen LogP contribution >= 0.6 is 15.8 Å². The number of aryl methyl sites for hydroxylation is 4. The minimum atomic E-state index is -4.94. The Bertz CT molecular complexity index is 2300. The predicted octanol–water partition coefficient (Wildman–Crippen LogP) is 5.65. The number of benzene rings is 8. The number of rotatable bonds is 7. The molecule has 4 nitrogen and oxygen atoms in total. The molecule has 0 aliphatic rings. The van der Waals surface area contributed by atoms with Crippen LogP contribution in [0.25, 0.3) is 32.7 Å². The third-order valence-electron chi connectivity index (χ3n) is 9.71. The van der Waals surface area contributed by atoms with Gasteiger partial charge in [0.15, 0.2) is 0 Å². The van der Waals surface area contributed by atoms with Crippen molar-refractivity contribution < 1.29 is 45.9 Å². The summed E-state index contributed by atoms with van der Waals surface area (Å²) in [7, 11) is -6.72. The Morgan fingerprint density at radius 3 is 0.857 bits per heavy atom. The van der Waals surface area contributed by atoms with Crippen molar-refractivity contribution >= 4 is 69.2 Å². The predicted molar refractivity (Wildman–Crippen MR) is 223 cm³/mol. The third kappa shape index (κ3) is 9.48. The molecule has 284 valence electrons. The van der Waals surface area contributed by atoms with Crippen LogP contribution in [0.1, 0.15) is 22.3 Å². The van der Waals surface area contributed by atoms with Crippen molar-refractivity contribution in [2.24, 2.45) is 0 Å². The molecule has 0 amide bonds. The molecule has 0 saturated carbocycles. The number of halogens is 1. The smallest absolute Gasteiger partial charge is 0.222 e. The van der Waals surface area contributed by atoms with E-state index in [0.29, 0.717) is 0 Å². The molecule has 0 unspecified atom stereocenters. The van der Waals surface area contributed by atoms with E-state index < -0.39 is 26.1 Å². The number of hydrogen-bond donors (Lipinski definition) is 0. The Hall–Kier alpha value is -4.21. The van der Waals surface area contributed by atoms with Gasteiger partial charge in [0.05, 0.1) is 0 Å². The van der Waals surface area contributed by atoms with Crippen LogP contribution < -0.4 is 50.5 Å². The molecule has 8 heteroatoms. The third-order valence-corrected chi connectivity index (χ3v) is 14.7. The SMILES string of the molecule is Cc1ccc(P(c2ccc(C)cc2)c2ccc3ccccc3c2-c2c(P(c3ccc(C)cc3)c3ccc(C)cc3)ccc3ccccc23)cc1.[Cu+].[O-][Cl+3]([O-])([O-])[O-]. The van der Waals surface area contributed by atoms with Crippen LogP contribution in [0.2, 0.25) is 0 Å². The maximum Gasteiger partial charge on any atom is 1.00 e. The Morgan fingerprint density at radius 1 is 0.339 bits per heavy atom. The van der Waals surface area contributed by atoms with Crippen LogP contribution in [0.4, 0.5) is 0 Å². The van der Waals surface area contributed by atoms with Crippen LogP contribution in [-0.2, 0) is 17.1 Å². The zero-order chi connectivity index (χ0) is 38.7. The summed E-state index contributed by atoms with van der Waals surface area (Å²) in [5.41, 5.74) is 7.84. The molecule has 0 atom stereocenters. The van der Waals surface area contributed by atoms with Crippen molar-refractivity contribution in [3.63, 3.8) is 0 Å². The fraction of sp³-hybridized carbons (Fsp3) is 0.0833. The van der Waals surface area contributed by atoms with Crippen molar-refractivity contribution in [1.82, 2.24) is 0 Å². The molecule has 0 saturated heterocycles. The average molecular weight is 842 g/mol. The fourth-order valence-electron chi connectivity index (χ4n) is 7.05. The summed E-state index contributed by atoms with van der Waals surface area (Å²) >= 11 is 0. The van der Waals surface area contributed by atoms with Gasteiger partial charge in [0, 0.05) is 0 Å². The monoisotopic (exact) mass is 840 g/mol. The van der Waals surface area contributed by atoms with Crippen LogP contribution in [-0.4, -0.2) is 0 Å². The summed E-state index contributed by atoms with van der Waals surface area (Å²) in [6.45, 7) is 8.72. The van der Waals surface area contributed by atoms with Gasteiger partial charge in [0.1, 0.15) is 0 Å². The second-order valence-corrected chi connectivity index (χ2v) is 18.9. The summed E-state index contributed by atoms with van der Waals surface area (Å²) in [6.07, 6.45) is 0. The summed E-state index contributed by atoms with van der Waals surface area (Å²) in [5.74, 6) is 0. The molecule has 0 heterocycles. The Labute approximate surface area is 344 Å². The molecule has 0 bridgehead atoms. The Morgan fingerprint density at radius 2 is 0.589 bits per heavy atom. The van der Waals surface area contributed by atoms with Crippen molar-refractivity contribution in [2.75, 3.05) is 0 Å². The van der Waals surface area contributed by atoms with Gasteiger partial charge in [-0.15, -0.1) is 10.2 Å². The first-order chi connectivity index (χ1) is 26.4. The fourth-order valence-corrected chi connectivity index (χ4v) is 11.9. The van der Waals surface area contributed by atoms with Crippen molar-refractivity contribution in [3.05, 3.63) is 192 Å². The van der Waals surface area contributed by atoms with E-state index in [-0.39, 0.29) is 17.1 Å². The van der Waals surface area contributed by atoms with Gasteiger partial charge in [-0.25, -0.2) is 18.6 Å². The van der Waals surface area contributed by atoms with Crippen LogP contribution in [0.15, 0.2) is 170 Å². The molecule has 0 aliphatic carbocycles. The quantitative estimate of drug-likeness (QED) is 0.153. The van der Waals surface area contributed by atoms with Crippen molar-refractivity contribution in [1.29, 1.82) is 0 Å². The summed E-state index contributed by atoms with van der Waals surface area (Å²) in [4.78, 5) is 0. The molecule has 8 aromatic rings. The van der Waals surface area contributed by atoms with Gasteiger partial charge < -0.3 is 0 Å². The van der Waals surface area contributed by atoms with Crippen LogP contribution in [0.3, 0.4) is 0 Å². The molecule has 0 aromatic heterocycles. The number of fused-ring (bicyclic) bond motifs is 2. The van der Waals surface area contributed by atoms with Gasteiger partial charge >= 0.3 is 17.1 Å². The van der Waals surface area contributed by atoms with E-state index in [1.54, 1.807) is 0 Å². The maximum atomic E-state index is 8.49. The van der Waals surface area contributed by atoms with Crippen molar-refractivity contribution in [3.8, 4) is 11.1 Å². The molecule has 0 aliphatic heterocycles. The van der Waals surface area contributed by atoms with E-state index in [1.807, 2.05) is 0 Å². The second kappa shape index (κ2) is 17.9. The van der Waals surface area contributed by atoms with E-state index in [2.05, 4.69) is 198 Å². The van der Waals surface area contributed by atoms with Crippen LogP contribution in [0.5, 0.6) is 0 Å². The maximum absolute atomic E-state index is 8.49. The van der Waals surface area contributed by atoms with Gasteiger partial charge in [-0.05, 0) is 108 Å². The van der Waals surface area contributed by atoms with Gasteiger partial charge in [-0.1, -0.05) is 192 Å². The van der Waals surface area contributed by atoms with E-state index >= 15 is 0 Å². The first-order valence-electron chi connectivity index (χ1n) is 18.0. The summed E-state index contributed by atoms with van der Waals surface area (Å²) in [5, 5.41) is 13.4. The molecule has 8 rings (SSSR count). The van der Waals surface area contributed by atoms with E-state index in [0.717, 1.165) is 0 Å². The standard InChI is InChI=1S/C48H40P2.ClHO4.Cu/c1-33-13-23-39(24-14-33)49(40-25-15-34(2)16-26-40)45-31-21-37-9-5-7-11-43(37)47(45)48-44-12-8-6-10-38(44)22-32-46(48)50(41-27-17-35(3)18-28-41)42-29-19-36(4)20-30-42;2-1(3,4)5;/h5-32H,1-4H3;(H,2,3,4,5);/q;;+1/p-1. The summed E-state index contributed by atoms with van der Waals surface area (Å²) in [6, 6.07) is 64.6. The first kappa shape index (κ1) is 41.4. The van der Waals surface area contributed by atoms with Gasteiger partial charge in [0.25, 0.3) is 0 Å². The number of hydrogen-bond acceptors (Lipinski definition) is 4. The molecule has 8 aromatic carbocycles. The second-order valence-electron chi connectivity index (χ2n) is 13.8. The van der Waals surface area contributed by atoms with Crippen molar-refractivity contribution in [2.45, 2.75) is 27.7 Å². The average Bonchev–Trinajstić information content (AvgIpc) is 3.17. The van der Waals surface area contributed by atoms with Gasteiger partial charge in [0.2, 0.25) is 0 Å². The first-order valence-corrected chi connectivity index (χ1v) is 21.9. The molecule has 56 heavy (non-hydrogen) atoms. The summed E-state index contributed by atoms with van der Waals surface area (Å²) < 4.78 is 34.0. The molecule has 0 N–H and O–H groups in total. The Balaban J connectivity index is 0.000000835. The zero-order valence-corrected chi connectivity index (χ0v) is 34.9. The van der Waals surface area contributed by atoms with E-state index in [4.69, 9.17) is 18.6 Å². The molecule has 0 fully saturated rings. The minimum absolute atomic E-state index is 0. The normalized spacial score (nSPS) is 11.4. The van der Waals surface area contributed by atoms with Gasteiger partial charge in [-0.2, -0.15) is 0 Å². The topological polar surface area (TPSA) is 92.2 Å². The molecular formula is C48H40ClCuO4P2. The largest absolute Gasteiger partial charge is 1.00 e. The molecule has 0 radical (unpaired) electrons. The minimum Gasteiger partial charge on any atom is -0.222 e.